The molecule has 0 bridgehead atoms. The standard InChI is InChI=1S/C23H22N4O5/c1-30-18-10-15(11-19-20(18)32-13-31-19)22(29)27-23(24)26-17-9-5-8-16(12-17)25-21(28)14-6-3-2-4-7-14/h2-12,22,29H,13H2,1H3,(H,25,28)(H3,24,26,27). The molecule has 1 aliphatic heterocycles. The van der Waals surface area contributed by atoms with E-state index in [-0.39, 0.29) is 18.7 Å². The molecule has 3 aromatic rings. The summed E-state index contributed by atoms with van der Waals surface area (Å²) in [6.07, 6.45) is -1.26. The quantitative estimate of drug-likeness (QED) is 0.347. The molecule has 9 heteroatoms. The highest BCUT2D eigenvalue weighted by molar-refractivity contribution is 6.04. The van der Waals surface area contributed by atoms with Gasteiger partial charge in [-0.15, -0.1) is 0 Å². The lowest BCUT2D eigenvalue weighted by atomic mass is 10.1. The third-order valence-electron chi connectivity index (χ3n) is 4.67. The second kappa shape index (κ2) is 9.27. The van der Waals surface area contributed by atoms with Crippen LogP contribution < -0.4 is 30.6 Å². The van der Waals surface area contributed by atoms with Crippen molar-refractivity contribution >= 4 is 23.2 Å². The minimum atomic E-state index is -1.26. The molecule has 0 aromatic heterocycles. The van der Waals surface area contributed by atoms with Gasteiger partial charge in [0.25, 0.3) is 5.91 Å². The number of guanidine groups is 1. The molecular formula is C23H22N4O5. The lowest BCUT2D eigenvalue weighted by Crippen LogP contribution is -2.23. The number of aliphatic hydroxyl groups excluding tert-OH is 1. The zero-order chi connectivity index (χ0) is 22.5. The first-order valence-electron chi connectivity index (χ1n) is 9.76. The number of aliphatic hydroxyl groups is 1. The Kier molecular flexibility index (Phi) is 6.09. The summed E-state index contributed by atoms with van der Waals surface area (Å²) in [5, 5.41) is 16.2. The van der Waals surface area contributed by atoms with Crippen LogP contribution >= 0.6 is 0 Å². The fourth-order valence-electron chi connectivity index (χ4n) is 3.15. The molecule has 5 N–H and O–H groups in total. The lowest BCUT2D eigenvalue weighted by molar-refractivity contribution is 0.102. The van der Waals surface area contributed by atoms with Gasteiger partial charge in [0.05, 0.1) is 7.11 Å². The first kappa shape index (κ1) is 21.0. The van der Waals surface area contributed by atoms with Gasteiger partial charge in [0, 0.05) is 22.5 Å². The maximum absolute atomic E-state index is 12.3. The van der Waals surface area contributed by atoms with Crippen molar-refractivity contribution < 1.29 is 24.1 Å². The van der Waals surface area contributed by atoms with Crippen molar-refractivity contribution in [3.05, 3.63) is 77.9 Å². The number of aliphatic imine (C=N–C) groups is 1. The number of nitrogens with zero attached hydrogens (tertiary/aromatic N) is 1. The number of amides is 1. The smallest absolute Gasteiger partial charge is 0.255 e. The topological polar surface area (TPSA) is 127 Å². The monoisotopic (exact) mass is 434 g/mol. The van der Waals surface area contributed by atoms with E-state index in [4.69, 9.17) is 19.9 Å². The maximum Gasteiger partial charge on any atom is 0.255 e. The Labute approximate surface area is 184 Å². The number of nitrogens with one attached hydrogen (secondary N) is 2. The first-order valence-corrected chi connectivity index (χ1v) is 9.76. The molecule has 0 aliphatic carbocycles. The highest BCUT2D eigenvalue weighted by atomic mass is 16.7. The van der Waals surface area contributed by atoms with E-state index in [1.807, 2.05) is 6.07 Å². The van der Waals surface area contributed by atoms with Crippen LogP contribution in [0.2, 0.25) is 0 Å². The van der Waals surface area contributed by atoms with Gasteiger partial charge in [0.1, 0.15) is 0 Å². The Hall–Kier alpha value is -4.24. The van der Waals surface area contributed by atoms with Crippen LogP contribution in [-0.2, 0) is 0 Å². The van der Waals surface area contributed by atoms with Gasteiger partial charge in [-0.25, -0.2) is 4.99 Å². The number of rotatable bonds is 6. The molecule has 0 saturated heterocycles. The number of hydrogen-bond donors (Lipinski definition) is 4. The summed E-state index contributed by atoms with van der Waals surface area (Å²) in [5.74, 6) is 1.13. The summed E-state index contributed by atoms with van der Waals surface area (Å²) in [7, 11) is 1.50. The Morgan fingerprint density at radius 3 is 2.56 bits per heavy atom. The summed E-state index contributed by atoms with van der Waals surface area (Å²) >= 11 is 0. The summed E-state index contributed by atoms with van der Waals surface area (Å²) in [4.78, 5) is 16.4. The minimum absolute atomic E-state index is 0.0133. The fourth-order valence-corrected chi connectivity index (χ4v) is 3.15. The number of nitrogens with two attached hydrogens (primary N) is 1. The minimum Gasteiger partial charge on any atom is -0.493 e. The Bertz CT molecular complexity index is 1150. The van der Waals surface area contributed by atoms with E-state index in [1.165, 1.54) is 7.11 Å². The van der Waals surface area contributed by atoms with Crippen LogP contribution in [0.1, 0.15) is 22.1 Å². The molecule has 3 aromatic carbocycles. The molecular weight excluding hydrogens is 412 g/mol. The number of benzene rings is 3. The average molecular weight is 434 g/mol. The highest BCUT2D eigenvalue weighted by Gasteiger charge is 2.22. The number of fused-ring (bicyclic) bond motifs is 1. The zero-order valence-corrected chi connectivity index (χ0v) is 17.2. The van der Waals surface area contributed by atoms with Crippen molar-refractivity contribution in [1.29, 1.82) is 0 Å². The van der Waals surface area contributed by atoms with Crippen molar-refractivity contribution in [3.8, 4) is 17.2 Å². The average Bonchev–Trinajstić information content (AvgIpc) is 3.28. The molecule has 0 radical (unpaired) electrons. The van der Waals surface area contributed by atoms with Crippen molar-refractivity contribution in [2.24, 2.45) is 10.7 Å². The number of hydrogen-bond acceptors (Lipinski definition) is 6. The van der Waals surface area contributed by atoms with Gasteiger partial charge >= 0.3 is 0 Å². The van der Waals surface area contributed by atoms with Crippen LogP contribution in [0.25, 0.3) is 0 Å². The van der Waals surface area contributed by atoms with Gasteiger partial charge in [-0.05, 0) is 42.5 Å². The normalized spacial score (nSPS) is 13.4. The molecule has 164 valence electrons. The van der Waals surface area contributed by atoms with E-state index in [0.717, 1.165) is 0 Å². The molecule has 4 rings (SSSR count). The Morgan fingerprint density at radius 1 is 1.06 bits per heavy atom. The van der Waals surface area contributed by atoms with Gasteiger partial charge in [-0.1, -0.05) is 24.3 Å². The predicted molar refractivity (Wildman–Crippen MR) is 120 cm³/mol. The largest absolute Gasteiger partial charge is 0.493 e. The molecule has 0 spiro atoms. The molecule has 0 saturated carbocycles. The molecule has 9 nitrogen and oxygen atoms in total. The van der Waals surface area contributed by atoms with E-state index in [0.29, 0.717) is 39.8 Å². The van der Waals surface area contributed by atoms with E-state index in [9.17, 15) is 9.90 Å². The maximum atomic E-state index is 12.3. The van der Waals surface area contributed by atoms with Crippen LogP contribution in [0.15, 0.2) is 71.7 Å². The predicted octanol–water partition coefficient (Wildman–Crippen LogP) is 3.09. The Morgan fingerprint density at radius 2 is 1.81 bits per heavy atom. The summed E-state index contributed by atoms with van der Waals surface area (Å²) in [6, 6.07) is 19.1. The summed E-state index contributed by atoms with van der Waals surface area (Å²) in [5.41, 5.74) is 8.13. The van der Waals surface area contributed by atoms with Gasteiger partial charge in [-0.2, -0.15) is 0 Å². The Balaban J connectivity index is 1.45. The van der Waals surface area contributed by atoms with Crippen LogP contribution in [-0.4, -0.2) is 30.9 Å². The van der Waals surface area contributed by atoms with Crippen LogP contribution in [0.4, 0.5) is 11.4 Å². The number of methoxy groups -OCH3 is 1. The third-order valence-corrected chi connectivity index (χ3v) is 4.67. The number of anilines is 2. The van der Waals surface area contributed by atoms with Crippen molar-refractivity contribution in [2.45, 2.75) is 6.23 Å². The first-order chi connectivity index (χ1) is 15.5. The van der Waals surface area contributed by atoms with Crippen molar-refractivity contribution in [2.75, 3.05) is 24.5 Å². The molecule has 0 fully saturated rings. The van der Waals surface area contributed by atoms with E-state index in [2.05, 4.69) is 15.6 Å². The third kappa shape index (κ3) is 4.73. The van der Waals surface area contributed by atoms with Crippen molar-refractivity contribution in [3.63, 3.8) is 0 Å². The van der Waals surface area contributed by atoms with Gasteiger partial charge in [0.15, 0.2) is 23.7 Å². The number of carbonyl (C=O) groups is 1. The molecule has 1 aliphatic rings. The molecule has 1 atom stereocenters. The van der Waals surface area contributed by atoms with E-state index < -0.39 is 6.23 Å². The zero-order valence-electron chi connectivity index (χ0n) is 17.2. The van der Waals surface area contributed by atoms with E-state index >= 15 is 0 Å². The van der Waals surface area contributed by atoms with Crippen LogP contribution in [0, 0.1) is 0 Å². The lowest BCUT2D eigenvalue weighted by Gasteiger charge is -2.13. The molecule has 1 unspecified atom stereocenters. The number of ether oxygens (including phenoxy) is 3. The number of carbonyl (C=O) groups excluding carboxylic acids is 1. The molecule has 1 amide bonds. The van der Waals surface area contributed by atoms with Gasteiger partial charge < -0.3 is 35.7 Å². The van der Waals surface area contributed by atoms with E-state index in [1.54, 1.807) is 60.7 Å². The second-order valence-corrected chi connectivity index (χ2v) is 6.87. The second-order valence-electron chi connectivity index (χ2n) is 6.87. The molecule has 1 heterocycles. The summed E-state index contributed by atoms with van der Waals surface area (Å²) in [6.45, 7) is 0.0787. The van der Waals surface area contributed by atoms with Crippen LogP contribution in [0.5, 0.6) is 17.2 Å². The SMILES string of the molecule is COc1cc(C(O)N=C(N)Nc2cccc(NC(=O)c3ccccc3)c2)cc2c1OCO2. The van der Waals surface area contributed by atoms with Crippen molar-refractivity contribution in [1.82, 2.24) is 0 Å². The van der Waals surface area contributed by atoms with Gasteiger partial charge in [0.2, 0.25) is 12.5 Å². The van der Waals surface area contributed by atoms with Crippen LogP contribution in [0.3, 0.4) is 0 Å². The fraction of sp³-hybridized carbons (Fsp3) is 0.130. The van der Waals surface area contributed by atoms with Gasteiger partial charge in [-0.3, -0.25) is 4.79 Å². The highest BCUT2D eigenvalue weighted by Crippen LogP contribution is 2.43. The summed E-state index contributed by atoms with van der Waals surface area (Å²) < 4.78 is 16.0. The molecule has 32 heavy (non-hydrogen) atoms.